The molecule has 62 valence electrons. The van der Waals surface area contributed by atoms with E-state index in [0.717, 1.165) is 0 Å². The van der Waals surface area contributed by atoms with Crippen molar-refractivity contribution in [2.75, 3.05) is 0 Å². The van der Waals surface area contributed by atoms with Gasteiger partial charge in [-0.25, -0.2) is 4.57 Å². The van der Waals surface area contributed by atoms with Crippen LogP contribution in [0.5, 0.6) is 5.75 Å². The minimum atomic E-state index is -4.39. The van der Waals surface area contributed by atoms with Gasteiger partial charge in [-0.2, -0.15) is 0 Å². The standard InChI is InChI=1S/C6H7O4P.2Na/c7-11(8,9)10-6-4-2-1-3-5-6;;/h1-5H,(H2,7,8,9);;. The van der Waals surface area contributed by atoms with Gasteiger partial charge in [0, 0.05) is 59.1 Å². The van der Waals surface area contributed by atoms with Crippen LogP contribution >= 0.6 is 7.82 Å². The summed E-state index contributed by atoms with van der Waals surface area (Å²) < 4.78 is 14.5. The fourth-order valence-electron chi connectivity index (χ4n) is 0.619. The maximum Gasteiger partial charge on any atom is 0.524 e. The molecule has 1 rings (SSSR count). The molecule has 7 heteroatoms. The Kier molecular flexibility index (Phi) is 9.52. The number of hydrogen-bond acceptors (Lipinski definition) is 2. The van der Waals surface area contributed by atoms with E-state index in [2.05, 4.69) is 4.52 Å². The van der Waals surface area contributed by atoms with Crippen LogP contribution < -0.4 is 4.52 Å². The largest absolute Gasteiger partial charge is 0.524 e. The summed E-state index contributed by atoms with van der Waals surface area (Å²) in [6.45, 7) is 0. The first-order valence-electron chi connectivity index (χ1n) is 2.88. The molecule has 0 spiro atoms. The second-order valence-corrected chi connectivity index (χ2v) is 3.06. The summed E-state index contributed by atoms with van der Waals surface area (Å²) in [6.07, 6.45) is 0. The van der Waals surface area contributed by atoms with Crippen LogP contribution in [-0.4, -0.2) is 68.9 Å². The van der Waals surface area contributed by atoms with E-state index in [4.69, 9.17) is 9.79 Å². The van der Waals surface area contributed by atoms with Crippen LogP contribution in [-0.2, 0) is 4.57 Å². The molecule has 2 N–H and O–H groups in total. The van der Waals surface area contributed by atoms with Crippen LogP contribution in [0.2, 0.25) is 0 Å². The smallest absolute Gasteiger partial charge is 0.404 e. The van der Waals surface area contributed by atoms with Crippen molar-refractivity contribution in [1.29, 1.82) is 0 Å². The summed E-state index contributed by atoms with van der Waals surface area (Å²) in [5.41, 5.74) is 0. The van der Waals surface area contributed by atoms with E-state index >= 15 is 0 Å². The molecule has 2 radical (unpaired) electrons. The van der Waals surface area contributed by atoms with Gasteiger partial charge in [-0.15, -0.1) is 0 Å². The zero-order valence-corrected chi connectivity index (χ0v) is 12.4. The zero-order chi connectivity index (χ0) is 8.32. The van der Waals surface area contributed by atoms with Crippen LogP contribution in [0.3, 0.4) is 0 Å². The van der Waals surface area contributed by atoms with Crippen molar-refractivity contribution in [3.63, 3.8) is 0 Å². The summed E-state index contributed by atoms with van der Waals surface area (Å²) in [4.78, 5) is 16.7. The molecule has 0 amide bonds. The van der Waals surface area contributed by atoms with Gasteiger partial charge in [0.25, 0.3) is 0 Å². The quantitative estimate of drug-likeness (QED) is 0.559. The Morgan fingerprint density at radius 1 is 1.08 bits per heavy atom. The summed E-state index contributed by atoms with van der Waals surface area (Å²) >= 11 is 0. The number of hydrogen-bond donors (Lipinski definition) is 2. The molecule has 0 aliphatic rings. The third-order valence-corrected chi connectivity index (χ3v) is 1.42. The Bertz CT molecular complexity index is 273. The Labute approximate surface area is 121 Å². The van der Waals surface area contributed by atoms with Crippen molar-refractivity contribution >= 4 is 66.9 Å². The predicted molar refractivity (Wildman–Crippen MR) is 50.6 cm³/mol. The predicted octanol–water partition coefficient (Wildman–Crippen LogP) is 0.396. The first-order chi connectivity index (χ1) is 5.08. The molecule has 1 aromatic rings. The van der Waals surface area contributed by atoms with Gasteiger partial charge >= 0.3 is 7.82 Å². The molecule has 0 aliphatic carbocycles. The third-order valence-electron chi connectivity index (χ3n) is 0.968. The Hall–Kier alpha value is 1.17. The van der Waals surface area contributed by atoms with Gasteiger partial charge in [0.2, 0.25) is 0 Å². The van der Waals surface area contributed by atoms with E-state index in [9.17, 15) is 4.57 Å². The number of phosphoric acid groups is 1. The third kappa shape index (κ3) is 8.18. The fourth-order valence-corrected chi connectivity index (χ4v) is 1.02. The van der Waals surface area contributed by atoms with Crippen LogP contribution in [0.1, 0.15) is 0 Å². The second kappa shape index (κ2) is 7.46. The fraction of sp³-hybridized carbons (Fsp3) is 0. The zero-order valence-electron chi connectivity index (χ0n) is 7.54. The van der Waals surface area contributed by atoms with Crippen molar-refractivity contribution in [2.24, 2.45) is 0 Å². The van der Waals surface area contributed by atoms with Crippen molar-refractivity contribution in [2.45, 2.75) is 0 Å². The molecule has 0 unspecified atom stereocenters. The molecule has 0 bridgehead atoms. The second-order valence-electron chi connectivity index (χ2n) is 1.89. The first kappa shape index (κ1) is 16.6. The molecule has 0 atom stereocenters. The van der Waals surface area contributed by atoms with E-state index in [1.807, 2.05) is 0 Å². The van der Waals surface area contributed by atoms with Gasteiger partial charge in [-0.1, -0.05) is 18.2 Å². The van der Waals surface area contributed by atoms with Crippen LogP contribution in [0.25, 0.3) is 0 Å². The Morgan fingerprint density at radius 3 is 1.92 bits per heavy atom. The topological polar surface area (TPSA) is 66.8 Å². The molecule has 0 heterocycles. The van der Waals surface area contributed by atoms with E-state index in [1.54, 1.807) is 18.2 Å². The van der Waals surface area contributed by atoms with Gasteiger partial charge in [0.1, 0.15) is 5.75 Å². The molecule has 0 aliphatic heterocycles. The molecule has 0 saturated heterocycles. The average Bonchev–Trinajstić information content (AvgIpc) is 1.85. The number of rotatable bonds is 2. The minimum Gasteiger partial charge on any atom is -0.404 e. The normalized spacial score (nSPS) is 9.38. The monoisotopic (exact) mass is 220 g/mol. The molecule has 0 fully saturated rings. The summed E-state index contributed by atoms with van der Waals surface area (Å²) in [5, 5.41) is 0. The molecule has 0 aromatic heterocycles. The van der Waals surface area contributed by atoms with Crippen molar-refractivity contribution in [3.8, 4) is 5.75 Å². The first-order valence-corrected chi connectivity index (χ1v) is 4.41. The van der Waals surface area contributed by atoms with Crippen LogP contribution in [0, 0.1) is 0 Å². The maximum absolute atomic E-state index is 10.3. The van der Waals surface area contributed by atoms with E-state index in [1.165, 1.54) is 12.1 Å². The van der Waals surface area contributed by atoms with Gasteiger partial charge in [-0.3, -0.25) is 9.79 Å². The van der Waals surface area contributed by atoms with Gasteiger partial charge < -0.3 is 4.52 Å². The van der Waals surface area contributed by atoms with Crippen molar-refractivity contribution in [3.05, 3.63) is 30.3 Å². The van der Waals surface area contributed by atoms with E-state index in [-0.39, 0.29) is 64.9 Å². The maximum atomic E-state index is 10.3. The molecule has 0 saturated carbocycles. The van der Waals surface area contributed by atoms with E-state index < -0.39 is 7.82 Å². The van der Waals surface area contributed by atoms with Gasteiger partial charge in [0.05, 0.1) is 0 Å². The summed E-state index contributed by atoms with van der Waals surface area (Å²) in [6, 6.07) is 7.93. The average molecular weight is 220 g/mol. The molecule has 4 nitrogen and oxygen atoms in total. The van der Waals surface area contributed by atoms with Crippen LogP contribution in [0.15, 0.2) is 30.3 Å². The van der Waals surface area contributed by atoms with Crippen molar-refractivity contribution in [1.82, 2.24) is 0 Å². The van der Waals surface area contributed by atoms with E-state index in [0.29, 0.717) is 0 Å². The molecule has 1 aromatic carbocycles. The number of phosphoric ester groups is 1. The Morgan fingerprint density at radius 2 is 1.54 bits per heavy atom. The molecular formula is C6H7Na2O4P. The molecule has 13 heavy (non-hydrogen) atoms. The number of benzene rings is 1. The number of para-hydroxylation sites is 1. The van der Waals surface area contributed by atoms with Gasteiger partial charge in [0.15, 0.2) is 0 Å². The minimum absolute atomic E-state index is 0. The van der Waals surface area contributed by atoms with Crippen molar-refractivity contribution < 1.29 is 18.9 Å². The summed E-state index contributed by atoms with van der Waals surface area (Å²) in [7, 11) is -4.39. The SMILES string of the molecule is O=P(O)(O)Oc1ccccc1.[Na].[Na]. The van der Waals surface area contributed by atoms with Crippen LogP contribution in [0.4, 0.5) is 0 Å². The Balaban J connectivity index is 0. The molecular weight excluding hydrogens is 213 g/mol. The van der Waals surface area contributed by atoms with Gasteiger partial charge in [-0.05, 0) is 12.1 Å². The summed E-state index contributed by atoms with van der Waals surface area (Å²) in [5.74, 6) is 0.167.